The first kappa shape index (κ1) is 15.4. The van der Waals surface area contributed by atoms with Gasteiger partial charge in [0, 0.05) is 6.92 Å². The predicted molar refractivity (Wildman–Crippen MR) is 57.3 cm³/mol. The molecule has 0 heterocycles. The molecule has 0 radical (unpaired) electrons. The van der Waals surface area contributed by atoms with Crippen molar-refractivity contribution in [1.29, 1.82) is 0 Å². The quantitative estimate of drug-likeness (QED) is 0.159. The largest absolute Gasteiger partial charge is 0.569 e. The van der Waals surface area contributed by atoms with Crippen LogP contribution in [0.4, 0.5) is 0 Å². The van der Waals surface area contributed by atoms with Gasteiger partial charge in [0.05, 0.1) is 24.7 Å². The van der Waals surface area contributed by atoms with Crippen LogP contribution in [0.1, 0.15) is 26.7 Å². The number of hydrogen-bond donors (Lipinski definition) is 1. The van der Waals surface area contributed by atoms with E-state index in [9.17, 15) is 10.0 Å². The highest BCUT2D eigenvalue weighted by atomic mass is 16.8. The minimum Gasteiger partial charge on any atom is -0.569 e. The van der Waals surface area contributed by atoms with Crippen molar-refractivity contribution in [2.24, 2.45) is 5.28 Å². The molecule has 17 heavy (non-hydrogen) atoms. The third-order valence-corrected chi connectivity index (χ3v) is 1.81. The van der Waals surface area contributed by atoms with Crippen LogP contribution < -0.4 is 0 Å². The van der Waals surface area contributed by atoms with Crippen LogP contribution >= 0.6 is 0 Å². The normalized spacial score (nSPS) is 11.1. The molecule has 0 aliphatic rings. The molecule has 0 saturated heterocycles. The van der Waals surface area contributed by atoms with Crippen molar-refractivity contribution in [1.82, 2.24) is 5.01 Å². The van der Waals surface area contributed by atoms with E-state index in [1.54, 1.807) is 0 Å². The monoisotopic (exact) mass is 249 g/mol. The molecular formula is C9H19N3O5. The van der Waals surface area contributed by atoms with Gasteiger partial charge in [0.2, 0.25) is 5.28 Å². The Morgan fingerprint density at radius 3 is 2.76 bits per heavy atom. The van der Waals surface area contributed by atoms with Crippen molar-refractivity contribution in [3.05, 3.63) is 5.21 Å². The number of ether oxygens (including phenoxy) is 1. The second-order valence-electron chi connectivity index (χ2n) is 3.25. The average Bonchev–Trinajstić information content (AvgIpc) is 2.29. The van der Waals surface area contributed by atoms with Crippen LogP contribution in [0.15, 0.2) is 5.28 Å². The van der Waals surface area contributed by atoms with Gasteiger partial charge in [-0.25, -0.2) is 0 Å². The van der Waals surface area contributed by atoms with Gasteiger partial charge >= 0.3 is 5.97 Å². The number of aliphatic hydroxyl groups excluding tert-OH is 1. The summed E-state index contributed by atoms with van der Waals surface area (Å²) in [5.74, 6) is -0.518. The highest BCUT2D eigenvalue weighted by Crippen LogP contribution is 1.96. The molecule has 8 nitrogen and oxygen atoms in total. The lowest BCUT2D eigenvalue weighted by Gasteiger charge is -2.16. The number of aliphatic hydroxyl groups is 1. The highest BCUT2D eigenvalue weighted by Gasteiger charge is 2.11. The van der Waals surface area contributed by atoms with Gasteiger partial charge in [0.15, 0.2) is 0 Å². The molecule has 0 aromatic heterocycles. The number of hydrazine groups is 1. The van der Waals surface area contributed by atoms with E-state index in [1.165, 1.54) is 11.9 Å². The maximum absolute atomic E-state index is 11.4. The Balaban J connectivity index is 4.04. The molecule has 0 atom stereocenters. The van der Waals surface area contributed by atoms with Gasteiger partial charge in [-0.2, -0.15) is 0 Å². The Labute approximate surface area is 99.9 Å². The van der Waals surface area contributed by atoms with Crippen molar-refractivity contribution in [3.63, 3.8) is 0 Å². The maximum atomic E-state index is 11.4. The number of unbranched alkanes of at least 4 members (excludes halogenated alkanes) is 1. The van der Waals surface area contributed by atoms with Gasteiger partial charge in [-0.1, -0.05) is 13.3 Å². The number of rotatable bonds is 9. The molecule has 0 aromatic carbocycles. The van der Waals surface area contributed by atoms with Gasteiger partial charge in [0.25, 0.3) is 6.79 Å². The minimum absolute atomic E-state index is 0.151. The molecule has 100 valence electrons. The van der Waals surface area contributed by atoms with E-state index in [1.807, 2.05) is 6.92 Å². The van der Waals surface area contributed by atoms with Crippen molar-refractivity contribution in [2.45, 2.75) is 26.7 Å². The van der Waals surface area contributed by atoms with Crippen LogP contribution in [-0.4, -0.2) is 47.5 Å². The number of carbonyl (C=O) groups excluding carboxylic acids is 1. The van der Waals surface area contributed by atoms with Crippen LogP contribution in [0.2, 0.25) is 0 Å². The van der Waals surface area contributed by atoms with E-state index in [4.69, 9.17) is 5.11 Å². The Morgan fingerprint density at radius 2 is 2.24 bits per heavy atom. The second-order valence-corrected chi connectivity index (χ2v) is 3.25. The zero-order chi connectivity index (χ0) is 13.1. The molecule has 0 aliphatic heterocycles. The fourth-order valence-corrected chi connectivity index (χ4v) is 0.973. The summed E-state index contributed by atoms with van der Waals surface area (Å²) in [5, 5.41) is 24.6. The summed E-state index contributed by atoms with van der Waals surface area (Å²) >= 11 is 0. The summed E-state index contributed by atoms with van der Waals surface area (Å²) in [6, 6.07) is 0. The van der Waals surface area contributed by atoms with E-state index < -0.39 is 12.8 Å². The SMILES string of the molecule is CCCCN(CCO)/[N+]([O-])=N/OCOC(C)=O. The first-order valence-corrected chi connectivity index (χ1v) is 5.41. The fourth-order valence-electron chi connectivity index (χ4n) is 0.973. The number of nitrogens with zero attached hydrogens (tertiary/aromatic N) is 3. The van der Waals surface area contributed by atoms with E-state index >= 15 is 0 Å². The second kappa shape index (κ2) is 9.64. The van der Waals surface area contributed by atoms with Crippen molar-refractivity contribution in [2.75, 3.05) is 26.5 Å². The lowest BCUT2D eigenvalue weighted by atomic mass is 10.3. The number of carbonyl (C=O) groups is 1. The number of hydrogen-bond acceptors (Lipinski definition) is 6. The Kier molecular flexibility index (Phi) is 8.75. The van der Waals surface area contributed by atoms with E-state index in [0.29, 0.717) is 6.54 Å². The molecule has 0 unspecified atom stereocenters. The average molecular weight is 249 g/mol. The molecule has 0 fully saturated rings. The minimum atomic E-state index is -0.518. The standard InChI is InChI=1S/C9H19N3O5/c1-3-4-5-11(6-7-13)12(15)10-17-8-16-9(2)14/h13H,3-8H2,1-2H3/b12-10-. The van der Waals surface area contributed by atoms with Crippen LogP contribution in [-0.2, 0) is 14.4 Å². The fraction of sp³-hybridized carbons (Fsp3) is 0.889. The zero-order valence-corrected chi connectivity index (χ0v) is 10.2. The molecule has 8 heteroatoms. The van der Waals surface area contributed by atoms with E-state index in [2.05, 4.69) is 14.9 Å². The summed E-state index contributed by atoms with van der Waals surface area (Å²) in [6.45, 7) is 3.29. The molecule has 0 aromatic rings. The molecule has 0 bridgehead atoms. The first-order valence-electron chi connectivity index (χ1n) is 5.41. The Morgan fingerprint density at radius 1 is 1.53 bits per heavy atom. The third kappa shape index (κ3) is 8.26. The van der Waals surface area contributed by atoms with Gasteiger partial charge in [-0.3, -0.25) is 4.79 Å². The van der Waals surface area contributed by atoms with Gasteiger partial charge in [-0.15, -0.1) is 5.01 Å². The van der Waals surface area contributed by atoms with Gasteiger partial charge < -0.3 is 19.9 Å². The molecular weight excluding hydrogens is 230 g/mol. The third-order valence-electron chi connectivity index (χ3n) is 1.81. The van der Waals surface area contributed by atoms with Crippen molar-refractivity contribution in [3.8, 4) is 0 Å². The van der Waals surface area contributed by atoms with Crippen LogP contribution in [0.25, 0.3) is 0 Å². The molecule has 0 spiro atoms. The predicted octanol–water partition coefficient (Wildman–Crippen LogP) is 0.410. The summed E-state index contributed by atoms with van der Waals surface area (Å²) in [4.78, 5) is 15.1. The molecule has 0 rings (SSSR count). The van der Waals surface area contributed by atoms with E-state index in [0.717, 1.165) is 12.8 Å². The topological polar surface area (TPSA) is 97.4 Å². The summed E-state index contributed by atoms with van der Waals surface area (Å²) in [6.07, 6.45) is 1.72. The lowest BCUT2D eigenvalue weighted by Crippen LogP contribution is -2.34. The lowest BCUT2D eigenvalue weighted by molar-refractivity contribution is -0.712. The summed E-state index contributed by atoms with van der Waals surface area (Å²) < 4.78 is 4.42. The molecule has 0 aliphatic carbocycles. The molecule has 1 N–H and O–H groups in total. The molecule has 0 saturated carbocycles. The molecule has 0 amide bonds. The van der Waals surface area contributed by atoms with Gasteiger partial charge in [0.1, 0.15) is 0 Å². The Bertz CT molecular complexity index is 247. The van der Waals surface area contributed by atoms with Crippen LogP contribution in [0.3, 0.4) is 0 Å². The van der Waals surface area contributed by atoms with Crippen LogP contribution in [0.5, 0.6) is 0 Å². The first-order chi connectivity index (χ1) is 8.11. The maximum Gasteiger partial charge on any atom is 0.305 e. The summed E-state index contributed by atoms with van der Waals surface area (Å²) in [5.41, 5.74) is 0. The Hall–Kier alpha value is -1.57. The number of esters is 1. The van der Waals surface area contributed by atoms with E-state index in [-0.39, 0.29) is 18.1 Å². The highest BCUT2D eigenvalue weighted by molar-refractivity contribution is 5.65. The van der Waals surface area contributed by atoms with Crippen molar-refractivity contribution < 1.29 is 24.4 Å². The van der Waals surface area contributed by atoms with Crippen LogP contribution in [0, 0.1) is 5.21 Å². The zero-order valence-electron chi connectivity index (χ0n) is 10.2. The smallest absolute Gasteiger partial charge is 0.305 e. The van der Waals surface area contributed by atoms with Crippen molar-refractivity contribution >= 4 is 5.97 Å². The van der Waals surface area contributed by atoms with Gasteiger partial charge in [-0.05, 0) is 6.42 Å². The summed E-state index contributed by atoms with van der Waals surface area (Å²) in [7, 11) is 0.